The van der Waals surface area contributed by atoms with Gasteiger partial charge in [-0.25, -0.2) is 4.79 Å². The Morgan fingerprint density at radius 2 is 2.05 bits per heavy atom. The quantitative estimate of drug-likeness (QED) is 0.749. The first kappa shape index (κ1) is 14.7. The molecule has 0 radical (unpaired) electrons. The molecule has 2 rings (SSSR count). The number of thioether (sulfide) groups is 1. The zero-order valence-electron chi connectivity index (χ0n) is 11.4. The molecule has 1 atom stereocenters. The summed E-state index contributed by atoms with van der Waals surface area (Å²) in [5, 5.41) is 13.2. The molecular weight excluding hydrogens is 264 g/mol. The van der Waals surface area contributed by atoms with Crippen LogP contribution in [0.5, 0.6) is 0 Å². The average Bonchev–Trinajstić information content (AvgIpc) is 2.64. The molecule has 1 saturated carbocycles. The van der Waals surface area contributed by atoms with Gasteiger partial charge in [0.15, 0.2) is 0 Å². The van der Waals surface area contributed by atoms with Gasteiger partial charge in [0.25, 0.3) is 5.91 Å². The molecular formula is C13H22N2O3S. The van der Waals surface area contributed by atoms with Crippen LogP contribution in [-0.4, -0.2) is 52.1 Å². The molecule has 2 aliphatic rings. The lowest BCUT2D eigenvalue weighted by atomic mass is 9.84. The van der Waals surface area contributed by atoms with E-state index < -0.39 is 11.6 Å². The summed E-state index contributed by atoms with van der Waals surface area (Å²) < 4.78 is 0. The predicted molar refractivity (Wildman–Crippen MR) is 75.1 cm³/mol. The van der Waals surface area contributed by atoms with Crippen molar-refractivity contribution in [2.75, 3.05) is 18.6 Å². The van der Waals surface area contributed by atoms with E-state index in [4.69, 9.17) is 0 Å². The van der Waals surface area contributed by atoms with Gasteiger partial charge in [0.05, 0.1) is 12.1 Å². The number of imide groups is 1. The van der Waals surface area contributed by atoms with Crippen LogP contribution >= 0.6 is 11.8 Å². The standard InChI is InChI=1S/C13H22N2O3S/c1-19-8-5-10-11(16)15(12(17)14-10)9-13(18)6-3-2-4-7-13/h10,18H,2-9H2,1H3,(H,14,17)/t10-/m1/s1. The molecule has 2 N–H and O–H groups in total. The summed E-state index contributed by atoms with van der Waals surface area (Å²) in [5.41, 5.74) is -0.875. The number of urea groups is 1. The molecule has 0 bridgehead atoms. The Morgan fingerprint density at radius 1 is 1.37 bits per heavy atom. The van der Waals surface area contributed by atoms with E-state index in [9.17, 15) is 14.7 Å². The minimum absolute atomic E-state index is 0.146. The smallest absolute Gasteiger partial charge is 0.324 e. The van der Waals surface area contributed by atoms with Crippen LogP contribution in [0.25, 0.3) is 0 Å². The third kappa shape index (κ3) is 3.42. The van der Waals surface area contributed by atoms with Crippen molar-refractivity contribution in [2.45, 2.75) is 50.2 Å². The first-order valence-corrected chi connectivity index (χ1v) is 8.28. The van der Waals surface area contributed by atoms with Gasteiger partial charge in [-0.15, -0.1) is 0 Å². The fraction of sp³-hybridized carbons (Fsp3) is 0.846. The highest BCUT2D eigenvalue weighted by atomic mass is 32.2. The van der Waals surface area contributed by atoms with Crippen LogP contribution in [0.15, 0.2) is 0 Å². The number of nitrogens with one attached hydrogen (secondary N) is 1. The SMILES string of the molecule is CSCC[C@H]1NC(=O)N(CC2(O)CCCCC2)C1=O. The van der Waals surface area contributed by atoms with Gasteiger partial charge in [-0.05, 0) is 31.3 Å². The fourth-order valence-electron chi connectivity index (χ4n) is 2.82. The van der Waals surface area contributed by atoms with Gasteiger partial charge in [-0.1, -0.05) is 19.3 Å². The average molecular weight is 286 g/mol. The van der Waals surface area contributed by atoms with Crippen molar-refractivity contribution in [3.8, 4) is 0 Å². The molecule has 0 spiro atoms. The van der Waals surface area contributed by atoms with E-state index in [1.165, 1.54) is 4.90 Å². The molecule has 5 nitrogen and oxygen atoms in total. The second kappa shape index (κ2) is 6.13. The third-order valence-electron chi connectivity index (χ3n) is 3.95. The van der Waals surface area contributed by atoms with Crippen molar-refractivity contribution in [3.63, 3.8) is 0 Å². The number of carbonyl (C=O) groups is 2. The maximum Gasteiger partial charge on any atom is 0.324 e. The monoisotopic (exact) mass is 286 g/mol. The van der Waals surface area contributed by atoms with Gasteiger partial charge in [0.1, 0.15) is 6.04 Å². The molecule has 108 valence electrons. The van der Waals surface area contributed by atoms with Gasteiger partial charge < -0.3 is 10.4 Å². The van der Waals surface area contributed by atoms with Crippen LogP contribution in [0.2, 0.25) is 0 Å². The van der Waals surface area contributed by atoms with Crippen LogP contribution < -0.4 is 5.32 Å². The first-order valence-electron chi connectivity index (χ1n) is 6.89. The molecule has 2 fully saturated rings. The minimum atomic E-state index is -0.875. The molecule has 3 amide bonds. The van der Waals surface area contributed by atoms with E-state index in [0.29, 0.717) is 19.3 Å². The molecule has 6 heteroatoms. The van der Waals surface area contributed by atoms with Crippen molar-refractivity contribution in [1.29, 1.82) is 0 Å². The molecule has 0 unspecified atom stereocenters. The van der Waals surface area contributed by atoms with Crippen LogP contribution in [0, 0.1) is 0 Å². The van der Waals surface area contributed by atoms with Gasteiger partial charge in [0, 0.05) is 0 Å². The highest BCUT2D eigenvalue weighted by Crippen LogP contribution is 2.29. The maximum absolute atomic E-state index is 12.2. The lowest BCUT2D eigenvalue weighted by Crippen LogP contribution is -2.47. The maximum atomic E-state index is 12.2. The summed E-state index contributed by atoms with van der Waals surface area (Å²) in [5.74, 6) is 0.660. The molecule has 1 saturated heterocycles. The van der Waals surface area contributed by atoms with Crippen molar-refractivity contribution in [3.05, 3.63) is 0 Å². The molecule has 1 aliphatic heterocycles. The Balaban J connectivity index is 1.96. The van der Waals surface area contributed by atoms with E-state index in [-0.39, 0.29) is 18.5 Å². The van der Waals surface area contributed by atoms with Crippen LogP contribution in [0.3, 0.4) is 0 Å². The van der Waals surface area contributed by atoms with Crippen molar-refractivity contribution < 1.29 is 14.7 Å². The zero-order chi connectivity index (χ0) is 13.9. The molecule has 0 aromatic heterocycles. The Bertz CT molecular complexity index is 356. The number of nitrogens with zero attached hydrogens (tertiary/aromatic N) is 1. The van der Waals surface area contributed by atoms with Crippen molar-refractivity contribution >= 4 is 23.7 Å². The van der Waals surface area contributed by atoms with Gasteiger partial charge >= 0.3 is 6.03 Å². The van der Waals surface area contributed by atoms with Crippen LogP contribution in [-0.2, 0) is 4.79 Å². The van der Waals surface area contributed by atoms with Gasteiger partial charge in [-0.2, -0.15) is 11.8 Å². The lowest BCUT2D eigenvalue weighted by Gasteiger charge is -2.34. The van der Waals surface area contributed by atoms with E-state index in [1.54, 1.807) is 11.8 Å². The highest BCUT2D eigenvalue weighted by molar-refractivity contribution is 7.98. The fourth-order valence-corrected chi connectivity index (χ4v) is 3.29. The lowest BCUT2D eigenvalue weighted by molar-refractivity contribution is -0.130. The van der Waals surface area contributed by atoms with E-state index in [1.807, 2.05) is 6.26 Å². The summed E-state index contributed by atoms with van der Waals surface area (Å²) in [6, 6.07) is -0.762. The predicted octanol–water partition coefficient (Wildman–Crippen LogP) is 1.36. The number of hydrogen-bond donors (Lipinski definition) is 2. The number of β-amino-alcohol motifs (C(OH)–C–C–N with tert-alkyl or cyclic N) is 1. The normalized spacial score (nSPS) is 26.6. The van der Waals surface area contributed by atoms with Crippen molar-refractivity contribution in [1.82, 2.24) is 10.2 Å². The van der Waals surface area contributed by atoms with E-state index in [0.717, 1.165) is 25.0 Å². The topological polar surface area (TPSA) is 69.6 Å². The number of carbonyl (C=O) groups excluding carboxylic acids is 2. The molecule has 19 heavy (non-hydrogen) atoms. The highest BCUT2D eigenvalue weighted by Gasteiger charge is 2.42. The molecule has 0 aromatic carbocycles. The second-order valence-corrected chi connectivity index (χ2v) is 6.48. The number of hydrogen-bond acceptors (Lipinski definition) is 4. The summed E-state index contributed by atoms with van der Waals surface area (Å²) >= 11 is 1.66. The Hall–Kier alpha value is -0.750. The zero-order valence-corrected chi connectivity index (χ0v) is 12.2. The van der Waals surface area contributed by atoms with Crippen LogP contribution in [0.4, 0.5) is 4.79 Å². The number of amides is 3. The van der Waals surface area contributed by atoms with Gasteiger partial charge in [0.2, 0.25) is 0 Å². The molecule has 0 aromatic rings. The summed E-state index contributed by atoms with van der Waals surface area (Å²) in [4.78, 5) is 25.2. The Labute approximate surface area is 118 Å². The number of aliphatic hydroxyl groups is 1. The number of rotatable bonds is 5. The van der Waals surface area contributed by atoms with E-state index >= 15 is 0 Å². The Morgan fingerprint density at radius 3 is 2.68 bits per heavy atom. The van der Waals surface area contributed by atoms with Gasteiger partial charge in [-0.3, -0.25) is 9.69 Å². The Kier molecular flexibility index (Phi) is 4.73. The van der Waals surface area contributed by atoms with Crippen LogP contribution in [0.1, 0.15) is 38.5 Å². The van der Waals surface area contributed by atoms with E-state index in [2.05, 4.69) is 5.32 Å². The summed E-state index contributed by atoms with van der Waals surface area (Å²) in [6.45, 7) is 0.146. The minimum Gasteiger partial charge on any atom is -0.388 e. The molecule has 1 aliphatic carbocycles. The van der Waals surface area contributed by atoms with Crippen molar-refractivity contribution in [2.24, 2.45) is 0 Å². The first-order chi connectivity index (χ1) is 9.06. The largest absolute Gasteiger partial charge is 0.388 e. The molecule has 1 heterocycles. The summed E-state index contributed by atoms with van der Waals surface area (Å²) in [7, 11) is 0. The second-order valence-electron chi connectivity index (χ2n) is 5.49. The summed E-state index contributed by atoms with van der Waals surface area (Å²) in [6.07, 6.45) is 7.05. The third-order valence-corrected chi connectivity index (χ3v) is 4.60.